The van der Waals surface area contributed by atoms with Gasteiger partial charge in [0, 0.05) is 12.8 Å². The van der Waals surface area contributed by atoms with E-state index in [1.807, 2.05) is 30.3 Å². The third-order valence-electron chi connectivity index (χ3n) is 5.23. The van der Waals surface area contributed by atoms with Gasteiger partial charge in [-0.15, -0.1) is 0 Å². The summed E-state index contributed by atoms with van der Waals surface area (Å²) in [5.74, 6) is 1.49. The van der Waals surface area contributed by atoms with Gasteiger partial charge in [0.2, 0.25) is 0 Å². The van der Waals surface area contributed by atoms with E-state index in [1.54, 1.807) is 4.90 Å². The first-order valence-electron chi connectivity index (χ1n) is 9.93. The molecule has 0 radical (unpaired) electrons. The molecule has 0 saturated carbocycles. The predicted molar refractivity (Wildman–Crippen MR) is 106 cm³/mol. The zero-order valence-electron chi connectivity index (χ0n) is 16.4. The highest BCUT2D eigenvalue weighted by atomic mass is 35.5. The minimum atomic E-state index is -0.496. The van der Waals surface area contributed by atoms with Gasteiger partial charge in [-0.3, -0.25) is 0 Å². The number of rotatable bonds is 8. The highest BCUT2D eigenvalue weighted by molar-refractivity contribution is 5.31. The molecule has 0 amide bonds. The lowest BCUT2D eigenvalue weighted by Gasteiger charge is -2.26. The second-order valence-electron chi connectivity index (χ2n) is 7.90. The smallest absolute Gasteiger partial charge is 0.119 e. The van der Waals surface area contributed by atoms with Gasteiger partial charge in [0.05, 0.1) is 38.3 Å². The maximum absolute atomic E-state index is 11.1. The lowest BCUT2D eigenvalue weighted by atomic mass is 9.88. The number of aliphatic hydroxyl groups excluding tert-OH is 1. The Labute approximate surface area is 169 Å². The number of hydrogen-bond acceptors (Lipinski definition) is 2. The number of aliphatic hydroxyl groups is 1. The van der Waals surface area contributed by atoms with Crippen molar-refractivity contribution < 1.29 is 27.2 Å². The Morgan fingerprint density at radius 3 is 2.15 bits per heavy atom. The number of nitrogens with one attached hydrogen (secondary N) is 1. The molecule has 1 heterocycles. The van der Waals surface area contributed by atoms with Gasteiger partial charge in [-0.05, 0) is 29.2 Å². The summed E-state index contributed by atoms with van der Waals surface area (Å²) in [6.45, 7) is 8.42. The van der Waals surface area contributed by atoms with E-state index in [0.29, 0.717) is 12.5 Å². The summed E-state index contributed by atoms with van der Waals surface area (Å²) < 4.78 is 5.77. The predicted octanol–water partition coefficient (Wildman–Crippen LogP) is 0.221. The monoisotopic (exact) mass is 389 g/mol. The molecule has 4 heteroatoms. The number of quaternary nitrogens is 1. The Kier molecular flexibility index (Phi) is 8.62. The number of hydrogen-bond donors (Lipinski definition) is 2. The first kappa shape index (κ1) is 21.7. The summed E-state index contributed by atoms with van der Waals surface area (Å²) in [6, 6.07) is 18.4. The molecule has 1 aliphatic rings. The van der Waals surface area contributed by atoms with Gasteiger partial charge in [-0.1, -0.05) is 56.3 Å². The molecular weight excluding hydrogens is 358 g/mol. The molecule has 2 N–H and O–H groups in total. The van der Waals surface area contributed by atoms with Crippen LogP contribution in [0.4, 0.5) is 0 Å². The molecule has 3 nitrogen and oxygen atoms in total. The van der Waals surface area contributed by atoms with Crippen LogP contribution in [0.15, 0.2) is 54.6 Å². The van der Waals surface area contributed by atoms with Crippen molar-refractivity contribution in [1.82, 2.24) is 0 Å². The maximum atomic E-state index is 11.1. The van der Waals surface area contributed by atoms with Crippen LogP contribution >= 0.6 is 0 Å². The SMILES string of the molecule is CC(C)COc1ccc(C(O)C(C[NH+]2CCCC2)c2ccccc2)cc1.[Cl-]. The summed E-state index contributed by atoms with van der Waals surface area (Å²) in [5, 5.41) is 11.1. The van der Waals surface area contributed by atoms with Crippen molar-refractivity contribution in [2.75, 3.05) is 26.2 Å². The molecule has 3 rings (SSSR count). The zero-order valence-corrected chi connectivity index (χ0v) is 17.2. The van der Waals surface area contributed by atoms with E-state index in [9.17, 15) is 5.11 Å². The van der Waals surface area contributed by atoms with Gasteiger partial charge in [-0.25, -0.2) is 0 Å². The minimum Gasteiger partial charge on any atom is -1.00 e. The summed E-state index contributed by atoms with van der Waals surface area (Å²) in [4.78, 5) is 1.61. The molecule has 2 unspecified atom stereocenters. The molecule has 0 aromatic heterocycles. The van der Waals surface area contributed by atoms with Gasteiger partial charge in [0.1, 0.15) is 5.75 Å². The van der Waals surface area contributed by atoms with Gasteiger partial charge in [0.15, 0.2) is 0 Å². The van der Waals surface area contributed by atoms with E-state index >= 15 is 0 Å². The Morgan fingerprint density at radius 1 is 0.926 bits per heavy atom. The highest BCUT2D eigenvalue weighted by Gasteiger charge is 2.29. The number of halogens is 1. The Balaban J connectivity index is 0.00000261. The molecule has 0 bridgehead atoms. The van der Waals surface area contributed by atoms with Crippen molar-refractivity contribution in [2.24, 2.45) is 5.92 Å². The first-order valence-corrected chi connectivity index (χ1v) is 9.93. The molecular formula is C23H32ClNO2. The van der Waals surface area contributed by atoms with Crippen LogP contribution in [0.5, 0.6) is 5.75 Å². The van der Waals surface area contributed by atoms with Crippen LogP contribution in [-0.4, -0.2) is 31.3 Å². The summed E-state index contributed by atoms with van der Waals surface area (Å²) in [7, 11) is 0. The fraction of sp³-hybridized carbons (Fsp3) is 0.478. The summed E-state index contributed by atoms with van der Waals surface area (Å²) in [5.41, 5.74) is 2.19. The Hall–Kier alpha value is -1.55. The lowest BCUT2D eigenvalue weighted by molar-refractivity contribution is -0.889. The van der Waals surface area contributed by atoms with Gasteiger partial charge in [0.25, 0.3) is 0 Å². The number of ether oxygens (including phenoxy) is 1. The van der Waals surface area contributed by atoms with Crippen molar-refractivity contribution >= 4 is 0 Å². The highest BCUT2D eigenvalue weighted by Crippen LogP contribution is 2.31. The van der Waals surface area contributed by atoms with E-state index in [1.165, 1.54) is 31.5 Å². The summed E-state index contributed by atoms with van der Waals surface area (Å²) in [6.07, 6.45) is 2.11. The van der Waals surface area contributed by atoms with Crippen molar-refractivity contribution in [3.63, 3.8) is 0 Å². The molecule has 0 spiro atoms. The van der Waals surface area contributed by atoms with Crippen LogP contribution in [0.1, 0.15) is 49.8 Å². The van der Waals surface area contributed by atoms with Crippen LogP contribution in [0.25, 0.3) is 0 Å². The van der Waals surface area contributed by atoms with Crippen LogP contribution in [0, 0.1) is 5.92 Å². The normalized spacial score (nSPS) is 16.7. The lowest BCUT2D eigenvalue weighted by Crippen LogP contribution is -3.10. The van der Waals surface area contributed by atoms with Crippen LogP contribution < -0.4 is 22.0 Å². The number of benzene rings is 2. The Bertz CT molecular complexity index is 654. The third kappa shape index (κ3) is 6.24. The molecule has 2 aromatic carbocycles. The third-order valence-corrected chi connectivity index (χ3v) is 5.23. The van der Waals surface area contributed by atoms with Crippen LogP contribution in [0.2, 0.25) is 0 Å². The zero-order chi connectivity index (χ0) is 18.4. The second kappa shape index (κ2) is 10.7. The molecule has 1 saturated heterocycles. The van der Waals surface area contributed by atoms with Crippen molar-refractivity contribution in [2.45, 2.75) is 38.7 Å². The minimum absolute atomic E-state index is 0. The van der Waals surface area contributed by atoms with Gasteiger partial charge >= 0.3 is 0 Å². The van der Waals surface area contributed by atoms with E-state index in [4.69, 9.17) is 4.74 Å². The molecule has 2 atom stereocenters. The fourth-order valence-corrected chi connectivity index (χ4v) is 3.76. The second-order valence-corrected chi connectivity index (χ2v) is 7.90. The van der Waals surface area contributed by atoms with Gasteiger partial charge in [-0.2, -0.15) is 0 Å². The van der Waals surface area contributed by atoms with E-state index in [2.05, 4.69) is 38.1 Å². The summed E-state index contributed by atoms with van der Waals surface area (Å²) >= 11 is 0. The van der Waals surface area contributed by atoms with E-state index in [-0.39, 0.29) is 18.3 Å². The van der Waals surface area contributed by atoms with Gasteiger partial charge < -0.3 is 27.2 Å². The van der Waals surface area contributed by atoms with Crippen molar-refractivity contribution in [1.29, 1.82) is 0 Å². The maximum Gasteiger partial charge on any atom is 0.119 e. The van der Waals surface area contributed by atoms with Crippen LogP contribution in [-0.2, 0) is 0 Å². The number of likely N-dealkylation sites (tertiary alicyclic amines) is 1. The average Bonchev–Trinajstić information content (AvgIpc) is 3.18. The van der Waals surface area contributed by atoms with Crippen molar-refractivity contribution in [3.05, 3.63) is 65.7 Å². The Morgan fingerprint density at radius 2 is 1.56 bits per heavy atom. The average molecular weight is 390 g/mol. The molecule has 148 valence electrons. The topological polar surface area (TPSA) is 33.9 Å². The van der Waals surface area contributed by atoms with E-state index < -0.39 is 6.10 Å². The molecule has 27 heavy (non-hydrogen) atoms. The van der Waals surface area contributed by atoms with E-state index in [0.717, 1.165) is 17.9 Å². The quantitative estimate of drug-likeness (QED) is 0.677. The molecule has 1 aliphatic heterocycles. The molecule has 2 aromatic rings. The van der Waals surface area contributed by atoms with Crippen LogP contribution in [0.3, 0.4) is 0 Å². The fourth-order valence-electron chi connectivity index (χ4n) is 3.76. The first-order chi connectivity index (χ1) is 12.6. The largest absolute Gasteiger partial charge is 1.00 e. The molecule has 0 aliphatic carbocycles. The standard InChI is InChI=1S/C23H31NO2.ClH/c1-18(2)17-26-21-12-10-20(11-13-21)23(25)22(16-24-14-6-7-15-24)19-8-4-3-5-9-19;/h3-5,8-13,18,22-23,25H,6-7,14-17H2,1-2H3;1H. The van der Waals surface area contributed by atoms with Crippen molar-refractivity contribution in [3.8, 4) is 5.75 Å². The molecule has 1 fully saturated rings.